The molecule has 0 aliphatic carbocycles. The van der Waals surface area contributed by atoms with Crippen LogP contribution >= 0.6 is 0 Å². The zero-order valence-corrected chi connectivity index (χ0v) is 11.7. The quantitative estimate of drug-likeness (QED) is 0.888. The van der Waals surface area contributed by atoms with Gasteiger partial charge < -0.3 is 10.6 Å². The van der Waals surface area contributed by atoms with Crippen LogP contribution in [0.5, 0.6) is 0 Å². The fraction of sp³-hybridized carbons (Fsp3) is 0.294. The number of nitrogens with zero attached hydrogens (tertiary/aromatic N) is 1. The van der Waals surface area contributed by atoms with Crippen molar-refractivity contribution in [1.82, 2.24) is 4.90 Å². The molecule has 2 heteroatoms. The molecule has 2 rings (SSSR count). The molecule has 100 valence electrons. The lowest BCUT2D eigenvalue weighted by Gasteiger charge is -2.21. The predicted octanol–water partition coefficient (Wildman–Crippen LogP) is 3.13. The highest BCUT2D eigenvalue weighted by Crippen LogP contribution is 2.12. The molecule has 19 heavy (non-hydrogen) atoms. The fourth-order valence-electron chi connectivity index (χ4n) is 2.21. The average molecular weight is 254 g/mol. The second kappa shape index (κ2) is 6.50. The molecule has 0 saturated heterocycles. The average Bonchev–Trinajstić information content (AvgIpc) is 2.42. The van der Waals surface area contributed by atoms with Gasteiger partial charge in [0.15, 0.2) is 0 Å². The molecule has 1 unspecified atom stereocenters. The molecule has 0 bridgehead atoms. The van der Waals surface area contributed by atoms with E-state index in [1.807, 2.05) is 18.2 Å². The van der Waals surface area contributed by atoms with Gasteiger partial charge in [0.25, 0.3) is 0 Å². The Morgan fingerprint density at radius 3 is 2.26 bits per heavy atom. The van der Waals surface area contributed by atoms with Gasteiger partial charge in [-0.3, -0.25) is 0 Å². The van der Waals surface area contributed by atoms with Crippen molar-refractivity contribution in [3.63, 3.8) is 0 Å². The summed E-state index contributed by atoms with van der Waals surface area (Å²) in [7, 11) is 2.11. The van der Waals surface area contributed by atoms with Crippen LogP contribution in [0, 0.1) is 6.92 Å². The highest BCUT2D eigenvalue weighted by atomic mass is 15.1. The fourth-order valence-corrected chi connectivity index (χ4v) is 2.21. The molecule has 0 aliphatic rings. The molecule has 0 heterocycles. The molecule has 0 radical (unpaired) electrons. The van der Waals surface area contributed by atoms with Crippen molar-refractivity contribution in [1.29, 1.82) is 0 Å². The van der Waals surface area contributed by atoms with E-state index in [9.17, 15) is 0 Å². The summed E-state index contributed by atoms with van der Waals surface area (Å²) in [6.07, 6.45) is 0. The van der Waals surface area contributed by atoms with Gasteiger partial charge in [0.2, 0.25) is 0 Å². The maximum absolute atomic E-state index is 6.23. The molecule has 0 aromatic heterocycles. The Bertz CT molecular complexity index is 490. The van der Waals surface area contributed by atoms with E-state index in [1.165, 1.54) is 16.7 Å². The third-order valence-corrected chi connectivity index (χ3v) is 3.31. The number of hydrogen-bond acceptors (Lipinski definition) is 2. The molecule has 2 aromatic rings. The van der Waals surface area contributed by atoms with Gasteiger partial charge in [0.05, 0.1) is 0 Å². The first-order valence-electron chi connectivity index (χ1n) is 6.70. The first-order chi connectivity index (χ1) is 9.15. The Kier molecular flexibility index (Phi) is 4.72. The first-order valence-corrected chi connectivity index (χ1v) is 6.70. The highest BCUT2D eigenvalue weighted by Gasteiger charge is 2.09. The van der Waals surface area contributed by atoms with Crippen molar-refractivity contribution in [3.8, 4) is 0 Å². The van der Waals surface area contributed by atoms with Crippen LogP contribution in [0.2, 0.25) is 0 Å². The SMILES string of the molecule is Cc1ccc(CN(C)CC(N)c2ccccc2)cc1. The van der Waals surface area contributed by atoms with Crippen molar-refractivity contribution in [2.24, 2.45) is 5.73 Å². The van der Waals surface area contributed by atoms with Crippen LogP contribution in [0.1, 0.15) is 22.7 Å². The van der Waals surface area contributed by atoms with Crippen LogP contribution in [0.25, 0.3) is 0 Å². The number of nitrogens with two attached hydrogens (primary N) is 1. The summed E-state index contributed by atoms with van der Waals surface area (Å²) in [5.74, 6) is 0. The molecule has 0 amide bonds. The van der Waals surface area contributed by atoms with Crippen LogP contribution in [0.4, 0.5) is 0 Å². The molecule has 1 atom stereocenters. The summed E-state index contributed by atoms with van der Waals surface area (Å²) in [6, 6.07) is 19.0. The predicted molar refractivity (Wildman–Crippen MR) is 80.9 cm³/mol. The number of likely N-dealkylation sites (N-methyl/N-ethyl adjacent to an activating group) is 1. The van der Waals surface area contributed by atoms with Crippen LogP contribution in [0.3, 0.4) is 0 Å². The van der Waals surface area contributed by atoms with Gasteiger partial charge in [-0.2, -0.15) is 0 Å². The summed E-state index contributed by atoms with van der Waals surface area (Å²) in [5, 5.41) is 0. The van der Waals surface area contributed by atoms with E-state index in [-0.39, 0.29) is 6.04 Å². The summed E-state index contributed by atoms with van der Waals surface area (Å²) >= 11 is 0. The first kappa shape index (κ1) is 13.8. The molecular weight excluding hydrogens is 232 g/mol. The molecule has 0 fully saturated rings. The van der Waals surface area contributed by atoms with Crippen LogP contribution < -0.4 is 5.73 Å². The summed E-state index contributed by atoms with van der Waals surface area (Å²) < 4.78 is 0. The Hall–Kier alpha value is -1.64. The third kappa shape index (κ3) is 4.19. The molecule has 2 aromatic carbocycles. The minimum atomic E-state index is 0.0663. The number of rotatable bonds is 5. The monoisotopic (exact) mass is 254 g/mol. The number of aryl methyl sites for hydroxylation is 1. The molecule has 2 nitrogen and oxygen atoms in total. The van der Waals surface area contributed by atoms with E-state index in [0.29, 0.717) is 0 Å². The zero-order chi connectivity index (χ0) is 13.7. The lowest BCUT2D eigenvalue weighted by Crippen LogP contribution is -2.28. The molecule has 2 N–H and O–H groups in total. The molecular formula is C17H22N2. The normalized spacial score (nSPS) is 12.6. The Labute approximate surface area is 115 Å². The lowest BCUT2D eigenvalue weighted by atomic mass is 10.1. The van der Waals surface area contributed by atoms with Crippen molar-refractivity contribution < 1.29 is 0 Å². The van der Waals surface area contributed by atoms with Crippen LogP contribution in [0.15, 0.2) is 54.6 Å². The smallest absolute Gasteiger partial charge is 0.0424 e. The van der Waals surface area contributed by atoms with Gasteiger partial charge in [-0.05, 0) is 25.1 Å². The van der Waals surface area contributed by atoms with E-state index in [1.54, 1.807) is 0 Å². The second-order valence-corrected chi connectivity index (χ2v) is 5.20. The summed E-state index contributed by atoms with van der Waals surface area (Å²) in [5.41, 5.74) is 10.1. The van der Waals surface area contributed by atoms with Crippen molar-refractivity contribution >= 4 is 0 Å². The van der Waals surface area contributed by atoms with Gasteiger partial charge in [-0.15, -0.1) is 0 Å². The maximum atomic E-state index is 6.23. The Balaban J connectivity index is 1.90. The van der Waals surface area contributed by atoms with E-state index < -0.39 is 0 Å². The van der Waals surface area contributed by atoms with Crippen molar-refractivity contribution in [2.75, 3.05) is 13.6 Å². The van der Waals surface area contributed by atoms with Gasteiger partial charge in [-0.25, -0.2) is 0 Å². The standard InChI is InChI=1S/C17H22N2/c1-14-8-10-15(11-9-14)12-19(2)13-17(18)16-6-4-3-5-7-16/h3-11,17H,12-13,18H2,1-2H3. The van der Waals surface area contributed by atoms with Gasteiger partial charge in [0.1, 0.15) is 0 Å². The van der Waals surface area contributed by atoms with E-state index in [4.69, 9.17) is 5.73 Å². The van der Waals surface area contributed by atoms with Gasteiger partial charge >= 0.3 is 0 Å². The topological polar surface area (TPSA) is 29.3 Å². The highest BCUT2D eigenvalue weighted by molar-refractivity contribution is 5.21. The van der Waals surface area contributed by atoms with E-state index >= 15 is 0 Å². The summed E-state index contributed by atoms with van der Waals surface area (Å²) in [6.45, 7) is 3.90. The maximum Gasteiger partial charge on any atom is 0.0424 e. The second-order valence-electron chi connectivity index (χ2n) is 5.20. The van der Waals surface area contributed by atoms with Crippen LogP contribution in [-0.2, 0) is 6.54 Å². The van der Waals surface area contributed by atoms with E-state index in [2.05, 4.69) is 55.3 Å². The molecule has 0 spiro atoms. The third-order valence-electron chi connectivity index (χ3n) is 3.31. The molecule has 0 aliphatic heterocycles. The zero-order valence-electron chi connectivity index (χ0n) is 11.7. The Morgan fingerprint density at radius 1 is 1.00 bits per heavy atom. The van der Waals surface area contributed by atoms with Gasteiger partial charge in [0, 0.05) is 19.1 Å². The van der Waals surface area contributed by atoms with E-state index in [0.717, 1.165) is 13.1 Å². The largest absolute Gasteiger partial charge is 0.323 e. The van der Waals surface area contributed by atoms with Crippen molar-refractivity contribution in [2.45, 2.75) is 19.5 Å². The van der Waals surface area contributed by atoms with Gasteiger partial charge in [-0.1, -0.05) is 60.2 Å². The number of hydrogen-bond donors (Lipinski definition) is 1. The summed E-state index contributed by atoms with van der Waals surface area (Å²) in [4.78, 5) is 2.27. The lowest BCUT2D eigenvalue weighted by molar-refractivity contribution is 0.305. The number of benzene rings is 2. The van der Waals surface area contributed by atoms with Crippen molar-refractivity contribution in [3.05, 3.63) is 71.3 Å². The minimum Gasteiger partial charge on any atom is -0.323 e. The Morgan fingerprint density at radius 2 is 1.63 bits per heavy atom. The minimum absolute atomic E-state index is 0.0663. The molecule has 0 saturated carbocycles. The van der Waals surface area contributed by atoms with Crippen LogP contribution in [-0.4, -0.2) is 18.5 Å².